The highest BCUT2D eigenvalue weighted by Gasteiger charge is 2.47. The number of ether oxygens (including phenoxy) is 4. The molecular weight excluding hydrogens is 428 g/mol. The molecule has 3 rings (SSSR count). The van der Waals surface area contributed by atoms with Crippen molar-refractivity contribution in [1.82, 2.24) is 0 Å². The number of rotatable bonds is 5. The molecule has 10 heteroatoms. The van der Waals surface area contributed by atoms with E-state index in [-0.39, 0.29) is 11.2 Å². The molecule has 166 valence electrons. The van der Waals surface area contributed by atoms with E-state index >= 15 is 0 Å². The quantitative estimate of drug-likeness (QED) is 0.496. The molecule has 1 aliphatic rings. The first-order valence-corrected chi connectivity index (χ1v) is 10.5. The van der Waals surface area contributed by atoms with Crippen molar-refractivity contribution in [3.05, 3.63) is 40.2 Å². The van der Waals surface area contributed by atoms with E-state index in [1.165, 1.54) is 44.7 Å². The summed E-state index contributed by atoms with van der Waals surface area (Å²) >= 11 is 1.23. The third-order valence-corrected chi connectivity index (χ3v) is 5.59. The number of carbonyl (C=O) groups excluding carboxylic acids is 3. The molecule has 4 atom stereocenters. The molecule has 2 heterocycles. The lowest BCUT2D eigenvalue weighted by Crippen LogP contribution is -2.55. The Morgan fingerprint density at radius 1 is 0.968 bits per heavy atom. The molecule has 0 bridgehead atoms. The van der Waals surface area contributed by atoms with Gasteiger partial charge in [0, 0.05) is 32.6 Å². The second-order valence-corrected chi connectivity index (χ2v) is 8.13. The summed E-state index contributed by atoms with van der Waals surface area (Å²) in [6, 6.07) is 6.14. The number of thioether (sulfide) groups is 1. The van der Waals surface area contributed by atoms with E-state index < -0.39 is 41.7 Å². The number of carbonyl (C=O) groups is 3. The van der Waals surface area contributed by atoms with Crippen molar-refractivity contribution in [3.63, 3.8) is 0 Å². The fraction of sp³-hybridized carbons (Fsp3) is 0.429. The summed E-state index contributed by atoms with van der Waals surface area (Å²) in [5.74, 6) is -0.719. The molecule has 0 N–H and O–H groups in total. The molecule has 0 radical (unpaired) electrons. The summed E-state index contributed by atoms with van der Waals surface area (Å²) in [5.41, 5.74) is -0.586. The molecule has 2 aromatic rings. The second-order valence-electron chi connectivity index (χ2n) is 6.99. The number of hydrogen-bond donors (Lipinski definition) is 0. The third kappa shape index (κ3) is 5.57. The molecular formula is C21H22O9S. The van der Waals surface area contributed by atoms with Gasteiger partial charge in [-0.05, 0) is 25.1 Å². The molecule has 1 aromatic heterocycles. The van der Waals surface area contributed by atoms with Crippen molar-refractivity contribution in [2.45, 2.75) is 51.4 Å². The summed E-state index contributed by atoms with van der Waals surface area (Å²) in [6.45, 7) is 5.34. The van der Waals surface area contributed by atoms with Crippen LogP contribution in [0.1, 0.15) is 26.5 Å². The first-order chi connectivity index (χ1) is 14.6. The Kier molecular flexibility index (Phi) is 6.89. The zero-order valence-corrected chi connectivity index (χ0v) is 18.2. The highest BCUT2D eigenvalue weighted by Crippen LogP contribution is 2.34. The Bertz CT molecular complexity index is 1060. The first kappa shape index (κ1) is 22.7. The van der Waals surface area contributed by atoms with Gasteiger partial charge < -0.3 is 23.4 Å². The zero-order chi connectivity index (χ0) is 22.7. The van der Waals surface area contributed by atoms with E-state index in [0.29, 0.717) is 22.5 Å². The van der Waals surface area contributed by atoms with Gasteiger partial charge in [0.15, 0.2) is 29.2 Å². The Morgan fingerprint density at radius 2 is 1.61 bits per heavy atom. The van der Waals surface area contributed by atoms with Crippen molar-refractivity contribution < 1.29 is 37.7 Å². The van der Waals surface area contributed by atoms with Crippen molar-refractivity contribution in [2.24, 2.45) is 0 Å². The normalized spacial score (nSPS) is 23.1. The van der Waals surface area contributed by atoms with Crippen LogP contribution in [0.3, 0.4) is 0 Å². The number of benzene rings is 1. The molecule has 1 saturated heterocycles. The fourth-order valence-electron chi connectivity index (χ4n) is 3.27. The van der Waals surface area contributed by atoms with Gasteiger partial charge in [0.2, 0.25) is 0 Å². The monoisotopic (exact) mass is 450 g/mol. The van der Waals surface area contributed by atoms with Gasteiger partial charge in [-0.3, -0.25) is 19.2 Å². The molecule has 0 saturated carbocycles. The minimum Gasteiger partial charge on any atom is -0.476 e. The zero-order valence-electron chi connectivity index (χ0n) is 17.4. The molecule has 1 aliphatic heterocycles. The van der Waals surface area contributed by atoms with Crippen LogP contribution in [0.25, 0.3) is 11.0 Å². The Morgan fingerprint density at radius 3 is 2.26 bits per heavy atom. The largest absolute Gasteiger partial charge is 0.476 e. The van der Waals surface area contributed by atoms with Crippen molar-refractivity contribution in [2.75, 3.05) is 5.75 Å². The van der Waals surface area contributed by atoms with Crippen LogP contribution in [0, 0.1) is 6.92 Å². The highest BCUT2D eigenvalue weighted by molar-refractivity contribution is 7.99. The van der Waals surface area contributed by atoms with E-state index in [1.54, 1.807) is 19.1 Å². The van der Waals surface area contributed by atoms with E-state index in [4.69, 9.17) is 23.4 Å². The van der Waals surface area contributed by atoms with E-state index in [9.17, 15) is 19.2 Å². The summed E-state index contributed by atoms with van der Waals surface area (Å²) in [5, 5.41) is 0.335. The lowest BCUT2D eigenvalue weighted by atomic mass is 10.1. The highest BCUT2D eigenvalue weighted by atomic mass is 32.2. The standard InChI is InChI=1S/C21H22O9S/c1-10-7-16(25)15-8-14(5-6-17(15)26-10)30-21-20(29-13(4)24)19(28-12(3)23)18(9-31-21)27-11(2)22/h5-8,18-21H,9H2,1-4H3/t18-,19+,20-,21+/m1/s1. The molecule has 0 unspecified atom stereocenters. The van der Waals surface area contributed by atoms with Gasteiger partial charge in [0.25, 0.3) is 0 Å². The number of hydrogen-bond acceptors (Lipinski definition) is 10. The molecule has 31 heavy (non-hydrogen) atoms. The SMILES string of the molecule is CC(=O)O[C@@H]1[C@@H](OC(C)=O)[C@@H](Oc2ccc3oc(C)cc(=O)c3c2)SC[C@H]1OC(C)=O. The average Bonchev–Trinajstić information content (AvgIpc) is 2.65. The van der Waals surface area contributed by atoms with Crippen LogP contribution in [0.2, 0.25) is 0 Å². The topological polar surface area (TPSA) is 118 Å². The predicted molar refractivity (Wildman–Crippen MR) is 111 cm³/mol. The predicted octanol–water partition coefficient (Wildman–Crippen LogP) is 2.35. The third-order valence-electron chi connectivity index (χ3n) is 4.38. The van der Waals surface area contributed by atoms with Gasteiger partial charge in [0.05, 0.1) is 5.39 Å². The summed E-state index contributed by atoms with van der Waals surface area (Å²) in [7, 11) is 0. The Balaban J connectivity index is 1.92. The van der Waals surface area contributed by atoms with Crippen molar-refractivity contribution in [1.29, 1.82) is 0 Å². The van der Waals surface area contributed by atoms with E-state index in [1.807, 2.05) is 0 Å². The average molecular weight is 450 g/mol. The summed E-state index contributed by atoms with van der Waals surface area (Å²) in [6.07, 6.45) is -2.92. The van der Waals surface area contributed by atoms with E-state index in [0.717, 1.165) is 0 Å². The minimum atomic E-state index is -1.05. The van der Waals surface area contributed by atoms with Gasteiger partial charge in [-0.25, -0.2) is 0 Å². The van der Waals surface area contributed by atoms with Crippen LogP contribution < -0.4 is 10.2 Å². The maximum absolute atomic E-state index is 12.3. The fourth-order valence-corrected chi connectivity index (χ4v) is 4.49. The van der Waals surface area contributed by atoms with Gasteiger partial charge in [-0.15, -0.1) is 11.8 Å². The first-order valence-electron chi connectivity index (χ1n) is 9.48. The Hall–Kier alpha value is -3.01. The molecule has 0 aliphatic carbocycles. The number of fused-ring (bicyclic) bond motifs is 1. The second kappa shape index (κ2) is 9.42. The molecule has 1 aromatic carbocycles. The lowest BCUT2D eigenvalue weighted by Gasteiger charge is -2.39. The van der Waals surface area contributed by atoms with Crippen LogP contribution >= 0.6 is 11.8 Å². The number of aryl methyl sites for hydroxylation is 1. The van der Waals surface area contributed by atoms with Crippen LogP contribution in [0.15, 0.2) is 33.5 Å². The molecule has 0 amide bonds. The van der Waals surface area contributed by atoms with Crippen LogP contribution in [-0.2, 0) is 28.6 Å². The summed E-state index contributed by atoms with van der Waals surface area (Å²) in [4.78, 5) is 47.1. The maximum atomic E-state index is 12.3. The van der Waals surface area contributed by atoms with Crippen molar-refractivity contribution in [3.8, 4) is 5.75 Å². The van der Waals surface area contributed by atoms with E-state index in [2.05, 4.69) is 0 Å². The smallest absolute Gasteiger partial charge is 0.303 e. The Labute approximate surface area is 182 Å². The summed E-state index contributed by atoms with van der Waals surface area (Å²) < 4.78 is 27.5. The van der Waals surface area contributed by atoms with Gasteiger partial charge in [0.1, 0.15) is 17.1 Å². The molecule has 1 fully saturated rings. The lowest BCUT2D eigenvalue weighted by molar-refractivity contribution is -0.186. The van der Waals surface area contributed by atoms with Gasteiger partial charge >= 0.3 is 17.9 Å². The number of esters is 3. The van der Waals surface area contributed by atoms with Crippen molar-refractivity contribution >= 4 is 40.6 Å². The maximum Gasteiger partial charge on any atom is 0.303 e. The minimum absolute atomic E-state index is 0.218. The van der Waals surface area contributed by atoms with Gasteiger partial charge in [-0.1, -0.05) is 0 Å². The van der Waals surface area contributed by atoms with Gasteiger partial charge in [-0.2, -0.15) is 0 Å². The van der Waals surface area contributed by atoms with Crippen LogP contribution in [0.5, 0.6) is 5.75 Å². The molecule has 0 spiro atoms. The molecule has 9 nitrogen and oxygen atoms in total. The van der Waals surface area contributed by atoms with Crippen LogP contribution in [0.4, 0.5) is 0 Å². The van der Waals surface area contributed by atoms with Crippen LogP contribution in [-0.4, -0.2) is 47.4 Å².